The number of benzene rings is 2. The monoisotopic (exact) mass is 440 g/mol. The van der Waals surface area contributed by atoms with Gasteiger partial charge in [-0.25, -0.2) is 4.90 Å². The number of hydrogen-bond donors (Lipinski definition) is 1. The molecule has 0 aromatic heterocycles. The van der Waals surface area contributed by atoms with E-state index in [4.69, 9.17) is 0 Å². The molecule has 0 bridgehead atoms. The summed E-state index contributed by atoms with van der Waals surface area (Å²) >= 11 is 7.68. The van der Waals surface area contributed by atoms with Gasteiger partial charge in [-0.15, -0.1) is 0 Å². The number of thioether (sulfide) groups is 1. The molecule has 2 aromatic rings. The fourth-order valence-electron chi connectivity index (χ4n) is 2.02. The van der Waals surface area contributed by atoms with Crippen molar-refractivity contribution in [3.05, 3.63) is 57.5 Å². The largest absolute Gasteiger partial charge is 0.365 e. The van der Waals surface area contributed by atoms with Gasteiger partial charge in [0.25, 0.3) is 11.1 Å². The average molecular weight is 442 g/mol. The minimum atomic E-state index is -0.614. The number of carbonyl (C=O) groups excluding carboxylic acids is 2. The Bertz CT molecular complexity index is 719. The molecule has 1 heterocycles. The Morgan fingerprint density at radius 2 is 1.45 bits per heavy atom. The van der Waals surface area contributed by atoms with Crippen molar-refractivity contribution in [1.82, 2.24) is 0 Å². The predicted octanol–water partition coefficient (Wildman–Crippen LogP) is 4.85. The second-order valence-electron chi connectivity index (χ2n) is 4.57. The number of anilines is 2. The number of imide groups is 1. The Kier molecular flexibility index (Phi) is 4.56. The maximum absolute atomic E-state index is 12.5. The summed E-state index contributed by atoms with van der Waals surface area (Å²) in [4.78, 5) is 25.8. The van der Waals surface area contributed by atoms with Gasteiger partial charge < -0.3 is 5.32 Å². The minimum absolute atomic E-state index is 0.264. The molecular formula is C15H10Br2N2O2S. The lowest BCUT2D eigenvalue weighted by Crippen LogP contribution is -2.34. The molecule has 1 saturated heterocycles. The maximum atomic E-state index is 12.5. The SMILES string of the molecule is O=C1S[C@@H](Nc2ccc(Br)cc2)C(=O)N1c1ccc(Br)cc1. The fourth-order valence-corrected chi connectivity index (χ4v) is 3.45. The zero-order valence-corrected chi connectivity index (χ0v) is 15.1. The summed E-state index contributed by atoms with van der Waals surface area (Å²) in [5.74, 6) is -0.264. The van der Waals surface area contributed by atoms with E-state index in [1.165, 1.54) is 4.90 Å². The van der Waals surface area contributed by atoms with Gasteiger partial charge in [0.1, 0.15) is 0 Å². The molecule has 2 amide bonds. The molecule has 1 atom stereocenters. The van der Waals surface area contributed by atoms with Gasteiger partial charge in [0.15, 0.2) is 5.37 Å². The predicted molar refractivity (Wildman–Crippen MR) is 96.2 cm³/mol. The van der Waals surface area contributed by atoms with Crippen molar-refractivity contribution in [3.63, 3.8) is 0 Å². The summed E-state index contributed by atoms with van der Waals surface area (Å²) in [6.07, 6.45) is 0. The Morgan fingerprint density at radius 3 is 2.05 bits per heavy atom. The van der Waals surface area contributed by atoms with Crippen molar-refractivity contribution in [2.75, 3.05) is 10.2 Å². The summed E-state index contributed by atoms with van der Waals surface area (Å²) in [7, 11) is 0. The molecule has 1 fully saturated rings. The second-order valence-corrected chi connectivity index (χ2v) is 7.45. The lowest BCUT2D eigenvalue weighted by Gasteiger charge is -2.15. The van der Waals surface area contributed by atoms with E-state index in [9.17, 15) is 9.59 Å². The van der Waals surface area contributed by atoms with Crippen LogP contribution in [0.25, 0.3) is 0 Å². The van der Waals surface area contributed by atoms with Crippen LogP contribution in [0, 0.1) is 0 Å². The van der Waals surface area contributed by atoms with E-state index in [1.807, 2.05) is 24.3 Å². The number of nitrogens with one attached hydrogen (secondary N) is 1. The lowest BCUT2D eigenvalue weighted by atomic mass is 10.3. The third kappa shape index (κ3) is 3.21. The standard InChI is InChI=1S/C15H10Br2N2O2S/c16-9-1-5-11(6-2-9)18-13-14(20)19(15(21)22-13)12-7-3-10(17)4-8-12/h1-8,13,18H/t13-/m1/s1. The molecule has 2 aromatic carbocycles. The molecule has 22 heavy (non-hydrogen) atoms. The van der Waals surface area contributed by atoms with Crippen LogP contribution < -0.4 is 10.2 Å². The van der Waals surface area contributed by atoms with Crippen LogP contribution >= 0.6 is 43.6 Å². The molecule has 1 aliphatic heterocycles. The van der Waals surface area contributed by atoms with Crippen molar-refractivity contribution >= 4 is 66.1 Å². The molecule has 3 rings (SSSR count). The number of halogens is 2. The van der Waals surface area contributed by atoms with Gasteiger partial charge in [0.2, 0.25) is 0 Å². The van der Waals surface area contributed by atoms with E-state index in [0.717, 1.165) is 26.4 Å². The first kappa shape index (κ1) is 15.6. The molecule has 112 valence electrons. The van der Waals surface area contributed by atoms with E-state index in [2.05, 4.69) is 37.2 Å². The summed E-state index contributed by atoms with van der Waals surface area (Å²) in [5.41, 5.74) is 1.37. The van der Waals surface area contributed by atoms with Gasteiger partial charge in [-0.1, -0.05) is 31.9 Å². The van der Waals surface area contributed by atoms with Crippen LogP contribution in [0.1, 0.15) is 0 Å². The number of amides is 2. The molecule has 0 spiro atoms. The van der Waals surface area contributed by atoms with Crippen molar-refractivity contribution < 1.29 is 9.59 Å². The van der Waals surface area contributed by atoms with Crippen LogP contribution in [-0.2, 0) is 4.79 Å². The van der Waals surface area contributed by atoms with Crippen LogP contribution in [0.15, 0.2) is 57.5 Å². The third-order valence-electron chi connectivity index (χ3n) is 3.07. The van der Waals surface area contributed by atoms with E-state index in [-0.39, 0.29) is 11.1 Å². The van der Waals surface area contributed by atoms with Crippen LogP contribution in [0.4, 0.5) is 16.2 Å². The number of rotatable bonds is 3. The highest BCUT2D eigenvalue weighted by Crippen LogP contribution is 2.33. The number of hydrogen-bond acceptors (Lipinski definition) is 4. The highest BCUT2D eigenvalue weighted by Gasteiger charge is 2.40. The van der Waals surface area contributed by atoms with E-state index in [1.54, 1.807) is 24.3 Å². The van der Waals surface area contributed by atoms with E-state index in [0.29, 0.717) is 5.69 Å². The molecule has 0 saturated carbocycles. The Balaban J connectivity index is 1.79. The Hall–Kier alpha value is -1.31. The van der Waals surface area contributed by atoms with Gasteiger partial charge in [0, 0.05) is 14.6 Å². The lowest BCUT2D eigenvalue weighted by molar-refractivity contribution is -0.116. The normalized spacial score (nSPS) is 17.9. The van der Waals surface area contributed by atoms with Crippen LogP contribution in [0.2, 0.25) is 0 Å². The van der Waals surface area contributed by atoms with Crippen molar-refractivity contribution in [1.29, 1.82) is 0 Å². The first-order valence-electron chi connectivity index (χ1n) is 6.37. The topological polar surface area (TPSA) is 49.4 Å². The molecule has 0 aliphatic carbocycles. The Labute approximate surface area is 148 Å². The highest BCUT2D eigenvalue weighted by atomic mass is 79.9. The second kappa shape index (κ2) is 6.44. The number of nitrogens with zero attached hydrogens (tertiary/aromatic N) is 1. The van der Waals surface area contributed by atoms with E-state index < -0.39 is 5.37 Å². The molecule has 1 aliphatic rings. The molecule has 0 radical (unpaired) electrons. The quantitative estimate of drug-likeness (QED) is 0.739. The zero-order chi connectivity index (χ0) is 15.7. The molecule has 7 heteroatoms. The molecular weight excluding hydrogens is 432 g/mol. The Morgan fingerprint density at radius 1 is 0.909 bits per heavy atom. The van der Waals surface area contributed by atoms with Crippen LogP contribution in [0.5, 0.6) is 0 Å². The van der Waals surface area contributed by atoms with Crippen LogP contribution in [-0.4, -0.2) is 16.5 Å². The van der Waals surface area contributed by atoms with Crippen molar-refractivity contribution in [2.24, 2.45) is 0 Å². The van der Waals surface area contributed by atoms with Crippen molar-refractivity contribution in [3.8, 4) is 0 Å². The van der Waals surface area contributed by atoms with Gasteiger partial charge in [-0.3, -0.25) is 9.59 Å². The molecule has 4 nitrogen and oxygen atoms in total. The average Bonchev–Trinajstić information content (AvgIpc) is 2.77. The van der Waals surface area contributed by atoms with Crippen molar-refractivity contribution in [2.45, 2.75) is 5.37 Å². The first-order valence-corrected chi connectivity index (χ1v) is 8.83. The summed E-state index contributed by atoms with van der Waals surface area (Å²) in [5, 5.41) is 2.19. The smallest absolute Gasteiger partial charge is 0.295 e. The molecule has 0 unspecified atom stereocenters. The van der Waals surface area contributed by atoms with Gasteiger partial charge >= 0.3 is 0 Å². The van der Waals surface area contributed by atoms with Gasteiger partial charge in [-0.05, 0) is 60.3 Å². The fraction of sp³-hybridized carbons (Fsp3) is 0.0667. The number of carbonyl (C=O) groups is 2. The first-order chi connectivity index (χ1) is 10.5. The van der Waals surface area contributed by atoms with Crippen LogP contribution in [0.3, 0.4) is 0 Å². The summed E-state index contributed by atoms with van der Waals surface area (Å²) in [6, 6.07) is 14.5. The van der Waals surface area contributed by atoms with Gasteiger partial charge in [-0.2, -0.15) is 0 Å². The molecule has 1 N–H and O–H groups in total. The third-order valence-corrected chi connectivity index (χ3v) is 5.07. The summed E-state index contributed by atoms with van der Waals surface area (Å²) in [6.45, 7) is 0. The summed E-state index contributed by atoms with van der Waals surface area (Å²) < 4.78 is 1.85. The maximum Gasteiger partial charge on any atom is 0.295 e. The van der Waals surface area contributed by atoms with Gasteiger partial charge in [0.05, 0.1) is 5.69 Å². The zero-order valence-electron chi connectivity index (χ0n) is 11.1. The minimum Gasteiger partial charge on any atom is -0.365 e. The van der Waals surface area contributed by atoms with E-state index >= 15 is 0 Å². The highest BCUT2D eigenvalue weighted by molar-refractivity contribution is 9.10.